The molecule has 35 heavy (non-hydrogen) atoms. The number of rotatable bonds is 9. The van der Waals surface area contributed by atoms with Crippen molar-refractivity contribution in [1.29, 1.82) is 0 Å². The number of hydrogen-bond donors (Lipinski definition) is 1. The molecule has 0 aliphatic carbocycles. The number of aromatic nitrogens is 4. The largest absolute Gasteiger partial charge is 0.496 e. The third kappa shape index (κ3) is 4.79. The number of fused-ring (bicyclic) bond motifs is 1. The highest BCUT2D eigenvalue weighted by Crippen LogP contribution is 2.34. The lowest BCUT2D eigenvalue weighted by Gasteiger charge is -2.17. The molecule has 11 heteroatoms. The summed E-state index contributed by atoms with van der Waals surface area (Å²) in [5.41, 5.74) is 3.79. The Labute approximate surface area is 199 Å². The Morgan fingerprint density at radius 3 is 2.43 bits per heavy atom. The van der Waals surface area contributed by atoms with Crippen molar-refractivity contribution in [1.82, 2.24) is 24.6 Å². The van der Waals surface area contributed by atoms with Gasteiger partial charge in [0.1, 0.15) is 23.4 Å². The van der Waals surface area contributed by atoms with Crippen LogP contribution in [0.2, 0.25) is 0 Å². The van der Waals surface area contributed by atoms with Crippen LogP contribution in [0.3, 0.4) is 0 Å². The summed E-state index contributed by atoms with van der Waals surface area (Å²) in [7, 11) is 2.62. The summed E-state index contributed by atoms with van der Waals surface area (Å²) in [6, 6.07) is 8.86. The highest BCUT2D eigenvalue weighted by Gasteiger charge is 2.27. The summed E-state index contributed by atoms with van der Waals surface area (Å²) in [6.07, 6.45) is 0.201. The minimum atomic E-state index is -3.36. The van der Waals surface area contributed by atoms with Gasteiger partial charge in [-0.05, 0) is 24.1 Å². The lowest BCUT2D eigenvalue weighted by atomic mass is 10.1. The number of carbonyl (C=O) groups is 1. The fourth-order valence-electron chi connectivity index (χ4n) is 3.78. The Morgan fingerprint density at radius 1 is 1.09 bits per heavy atom. The number of nitrogens with zero attached hydrogens (tertiary/aromatic N) is 4. The normalized spacial score (nSPS) is 12.2. The lowest BCUT2D eigenvalue weighted by Crippen LogP contribution is -2.36. The quantitative estimate of drug-likeness (QED) is 0.349. The molecule has 1 amide bonds. The van der Waals surface area contributed by atoms with Crippen LogP contribution in [0, 0.1) is 0 Å². The van der Waals surface area contributed by atoms with E-state index in [1.165, 1.54) is 26.4 Å². The van der Waals surface area contributed by atoms with Crippen LogP contribution in [0.25, 0.3) is 27.8 Å². The van der Waals surface area contributed by atoms with Crippen LogP contribution in [-0.2, 0) is 6.54 Å². The van der Waals surface area contributed by atoms with E-state index in [4.69, 9.17) is 9.47 Å². The van der Waals surface area contributed by atoms with Crippen LogP contribution >= 0.6 is 0 Å². The highest BCUT2D eigenvalue weighted by atomic mass is 19.3. The predicted molar refractivity (Wildman–Crippen MR) is 124 cm³/mol. The first kappa shape index (κ1) is 24.1. The Balaban J connectivity index is 1.71. The van der Waals surface area contributed by atoms with E-state index in [0.717, 1.165) is 35.1 Å². The van der Waals surface area contributed by atoms with Gasteiger partial charge in [-0.1, -0.05) is 13.0 Å². The molecule has 1 atom stereocenters. The van der Waals surface area contributed by atoms with Crippen molar-refractivity contribution >= 4 is 16.9 Å². The number of methoxy groups -OCH3 is 2. The van der Waals surface area contributed by atoms with Gasteiger partial charge in [-0.3, -0.25) is 14.0 Å². The number of ether oxygens (including phenoxy) is 2. The molecule has 184 valence electrons. The molecular weight excluding hydrogens is 463 g/mol. The number of carbonyl (C=O) groups excluding carboxylic acids is 1. The molecule has 0 saturated heterocycles. The second-order valence-corrected chi connectivity index (χ2v) is 7.75. The first-order chi connectivity index (χ1) is 16.9. The number of amides is 1. The first-order valence-corrected chi connectivity index (χ1v) is 10.9. The Bertz CT molecular complexity index is 1330. The van der Waals surface area contributed by atoms with Gasteiger partial charge in [0.2, 0.25) is 6.30 Å². The predicted octanol–water partition coefficient (Wildman–Crippen LogP) is 4.61. The summed E-state index contributed by atoms with van der Waals surface area (Å²) in [5.74, 6) is -1.03. The molecule has 4 rings (SSSR count). The van der Waals surface area contributed by atoms with Gasteiger partial charge in [0.15, 0.2) is 0 Å². The number of nitrogens with one attached hydrogen (secondary N) is 1. The fourth-order valence-corrected chi connectivity index (χ4v) is 3.78. The number of hydrogen-bond acceptors (Lipinski definition) is 5. The molecule has 1 unspecified atom stereocenters. The highest BCUT2D eigenvalue weighted by molar-refractivity contribution is 6.00. The van der Waals surface area contributed by atoms with E-state index >= 15 is 0 Å². The Hall–Kier alpha value is -4.02. The number of halogens is 3. The molecule has 2 heterocycles. The average molecular weight is 487 g/mol. The van der Waals surface area contributed by atoms with Crippen molar-refractivity contribution in [3.63, 3.8) is 0 Å². The topological polar surface area (TPSA) is 83.2 Å². The molecular formula is C24H24F3N5O3. The maximum atomic E-state index is 13.4. The molecule has 0 saturated carbocycles. The number of aryl methyl sites for hydroxylation is 1. The standard InChI is InChI=1S/C24H24F3N5O3/c1-4-7-31-12-15(11-29-31)14-5-6-18-17(8-14)28-13-32(18)16-9-19(34-2)21(20(10-16)35-3)24(33)30-23(27)22(25)26/h5-6,8-13,22-23H,4,7H2,1-3H3,(H,30,33). The smallest absolute Gasteiger partial charge is 0.287 e. The van der Waals surface area contributed by atoms with Crippen LogP contribution < -0.4 is 14.8 Å². The molecule has 0 bridgehead atoms. The molecule has 0 fully saturated rings. The van der Waals surface area contributed by atoms with Crippen molar-refractivity contribution < 1.29 is 27.4 Å². The van der Waals surface area contributed by atoms with Crippen LogP contribution in [0.5, 0.6) is 11.5 Å². The lowest BCUT2D eigenvalue weighted by molar-refractivity contribution is 0.0285. The third-order valence-corrected chi connectivity index (χ3v) is 5.45. The first-order valence-electron chi connectivity index (χ1n) is 10.9. The van der Waals surface area contributed by atoms with Gasteiger partial charge in [0, 0.05) is 30.4 Å². The van der Waals surface area contributed by atoms with E-state index in [1.807, 2.05) is 35.3 Å². The summed E-state index contributed by atoms with van der Waals surface area (Å²) in [4.78, 5) is 17.0. The van der Waals surface area contributed by atoms with Crippen LogP contribution in [0.1, 0.15) is 23.7 Å². The summed E-state index contributed by atoms with van der Waals surface area (Å²) < 4.78 is 52.8. The summed E-state index contributed by atoms with van der Waals surface area (Å²) in [5, 5.41) is 5.99. The number of alkyl halides is 3. The molecule has 2 aromatic carbocycles. The monoisotopic (exact) mass is 487 g/mol. The van der Waals surface area contributed by atoms with E-state index < -0.39 is 18.6 Å². The van der Waals surface area contributed by atoms with E-state index in [-0.39, 0.29) is 17.1 Å². The Morgan fingerprint density at radius 2 is 1.80 bits per heavy atom. The molecule has 8 nitrogen and oxygen atoms in total. The molecule has 0 aliphatic rings. The van der Waals surface area contributed by atoms with Crippen molar-refractivity contribution in [3.8, 4) is 28.3 Å². The van der Waals surface area contributed by atoms with E-state index in [1.54, 1.807) is 16.2 Å². The zero-order valence-electron chi connectivity index (χ0n) is 19.3. The summed E-state index contributed by atoms with van der Waals surface area (Å²) in [6.45, 7) is 2.92. The molecule has 0 radical (unpaired) electrons. The Kier molecular flexibility index (Phi) is 6.94. The zero-order chi connectivity index (χ0) is 25.1. The van der Waals surface area contributed by atoms with E-state index in [2.05, 4.69) is 17.0 Å². The van der Waals surface area contributed by atoms with Crippen LogP contribution in [-0.4, -0.2) is 52.2 Å². The van der Waals surface area contributed by atoms with Crippen molar-refractivity contribution in [2.75, 3.05) is 14.2 Å². The molecule has 0 spiro atoms. The fraction of sp³-hybridized carbons (Fsp3) is 0.292. The number of imidazole rings is 1. The van der Waals surface area contributed by atoms with Gasteiger partial charge in [-0.2, -0.15) is 5.10 Å². The van der Waals surface area contributed by atoms with Gasteiger partial charge >= 0.3 is 0 Å². The van der Waals surface area contributed by atoms with Gasteiger partial charge in [0.05, 0.1) is 37.1 Å². The maximum Gasteiger partial charge on any atom is 0.287 e. The molecule has 4 aromatic rings. The van der Waals surface area contributed by atoms with Crippen LogP contribution in [0.15, 0.2) is 49.1 Å². The molecule has 2 aromatic heterocycles. The SMILES string of the molecule is CCCn1cc(-c2ccc3c(c2)ncn3-c2cc(OC)c(C(=O)NC(F)C(F)F)c(OC)c2)cn1. The third-order valence-electron chi connectivity index (χ3n) is 5.45. The minimum Gasteiger partial charge on any atom is -0.496 e. The van der Waals surface area contributed by atoms with Gasteiger partial charge in [-0.15, -0.1) is 0 Å². The summed E-state index contributed by atoms with van der Waals surface area (Å²) >= 11 is 0. The van der Waals surface area contributed by atoms with E-state index in [9.17, 15) is 18.0 Å². The average Bonchev–Trinajstić information content (AvgIpc) is 3.50. The van der Waals surface area contributed by atoms with Crippen molar-refractivity contribution in [2.45, 2.75) is 32.6 Å². The second kappa shape index (κ2) is 10.1. The zero-order valence-corrected chi connectivity index (χ0v) is 19.3. The second-order valence-electron chi connectivity index (χ2n) is 7.75. The van der Waals surface area contributed by atoms with E-state index in [0.29, 0.717) is 5.69 Å². The number of benzene rings is 2. The maximum absolute atomic E-state index is 13.4. The van der Waals surface area contributed by atoms with Gasteiger partial charge < -0.3 is 14.8 Å². The van der Waals surface area contributed by atoms with Crippen LogP contribution in [0.4, 0.5) is 13.2 Å². The molecule has 1 N–H and O–H groups in total. The minimum absolute atomic E-state index is 0.0279. The van der Waals surface area contributed by atoms with Crippen molar-refractivity contribution in [3.05, 3.63) is 54.6 Å². The van der Waals surface area contributed by atoms with Gasteiger partial charge in [-0.25, -0.2) is 18.2 Å². The molecule has 0 aliphatic heterocycles. The van der Waals surface area contributed by atoms with Gasteiger partial charge in [0.25, 0.3) is 12.3 Å². The van der Waals surface area contributed by atoms with Crippen molar-refractivity contribution in [2.24, 2.45) is 0 Å².